The van der Waals surface area contributed by atoms with Crippen LogP contribution < -0.4 is 5.32 Å². The number of hydrogen-bond donors (Lipinski definition) is 1. The van der Waals surface area contributed by atoms with Crippen LogP contribution in [0.15, 0.2) is 42.5 Å². The van der Waals surface area contributed by atoms with Gasteiger partial charge in [0.1, 0.15) is 0 Å². The Morgan fingerprint density at radius 1 is 1.09 bits per heavy atom. The van der Waals surface area contributed by atoms with Crippen LogP contribution in [0.1, 0.15) is 24.4 Å². The fourth-order valence-electron chi connectivity index (χ4n) is 4.44. The van der Waals surface area contributed by atoms with Crippen molar-refractivity contribution in [2.45, 2.75) is 18.9 Å². The van der Waals surface area contributed by atoms with E-state index in [1.165, 1.54) is 18.4 Å². The molecule has 1 aromatic rings. The van der Waals surface area contributed by atoms with Gasteiger partial charge in [-0.3, -0.25) is 4.90 Å². The Labute approximate surface area is 139 Å². The quantitative estimate of drug-likeness (QED) is 0.818. The van der Waals surface area contributed by atoms with Gasteiger partial charge in [-0.15, -0.1) is 0 Å². The Morgan fingerprint density at radius 3 is 2.61 bits per heavy atom. The van der Waals surface area contributed by atoms with Gasteiger partial charge in [0.25, 0.3) is 0 Å². The Bertz CT molecular complexity index is 524. The van der Waals surface area contributed by atoms with Crippen molar-refractivity contribution in [1.82, 2.24) is 10.2 Å². The molecule has 3 aliphatic rings. The molecule has 0 aromatic heterocycles. The highest BCUT2D eigenvalue weighted by Gasteiger charge is 2.35. The third-order valence-electron chi connectivity index (χ3n) is 5.79. The number of ether oxygens (including phenoxy) is 1. The fourth-order valence-corrected chi connectivity index (χ4v) is 4.44. The number of rotatable bonds is 6. The third kappa shape index (κ3) is 3.68. The van der Waals surface area contributed by atoms with E-state index in [1.807, 2.05) is 0 Å². The number of allylic oxidation sites excluding steroid dienone is 2. The fraction of sp³-hybridized carbons (Fsp3) is 0.600. The summed E-state index contributed by atoms with van der Waals surface area (Å²) in [7, 11) is 0. The van der Waals surface area contributed by atoms with Gasteiger partial charge in [-0.05, 0) is 42.7 Å². The smallest absolute Gasteiger partial charge is 0.0594 e. The molecule has 23 heavy (non-hydrogen) atoms. The highest BCUT2D eigenvalue weighted by atomic mass is 16.5. The van der Waals surface area contributed by atoms with Gasteiger partial charge in [0.15, 0.2) is 0 Å². The van der Waals surface area contributed by atoms with Crippen LogP contribution in [0.4, 0.5) is 0 Å². The Kier molecular flexibility index (Phi) is 4.79. The molecule has 124 valence electrons. The lowest BCUT2D eigenvalue weighted by atomic mass is 9.93. The monoisotopic (exact) mass is 312 g/mol. The van der Waals surface area contributed by atoms with E-state index in [2.05, 4.69) is 52.7 Å². The summed E-state index contributed by atoms with van der Waals surface area (Å²) in [5, 5.41) is 3.89. The maximum absolute atomic E-state index is 5.49. The van der Waals surface area contributed by atoms with Crippen LogP contribution in [0.25, 0.3) is 0 Å². The Balaban J connectivity index is 1.39. The zero-order valence-electron chi connectivity index (χ0n) is 13.9. The minimum Gasteiger partial charge on any atom is -0.379 e. The number of nitrogens with zero attached hydrogens (tertiary/aromatic N) is 1. The summed E-state index contributed by atoms with van der Waals surface area (Å²) < 4.78 is 5.49. The zero-order valence-corrected chi connectivity index (χ0v) is 13.9. The second-order valence-corrected chi connectivity index (χ2v) is 7.32. The molecule has 1 N–H and O–H groups in total. The van der Waals surface area contributed by atoms with Crippen molar-refractivity contribution in [3.8, 4) is 0 Å². The van der Waals surface area contributed by atoms with Crippen molar-refractivity contribution in [3.05, 3.63) is 48.0 Å². The van der Waals surface area contributed by atoms with Crippen molar-refractivity contribution in [1.29, 1.82) is 0 Å². The van der Waals surface area contributed by atoms with Gasteiger partial charge in [0.05, 0.1) is 13.2 Å². The molecule has 1 aliphatic heterocycles. The summed E-state index contributed by atoms with van der Waals surface area (Å²) in [5.41, 5.74) is 1.41. The van der Waals surface area contributed by atoms with E-state index in [0.29, 0.717) is 6.04 Å². The molecule has 4 unspecified atom stereocenters. The van der Waals surface area contributed by atoms with Gasteiger partial charge >= 0.3 is 0 Å². The summed E-state index contributed by atoms with van der Waals surface area (Å²) in [6, 6.07) is 11.4. The molecule has 0 amide bonds. The molecule has 2 bridgehead atoms. The van der Waals surface area contributed by atoms with Crippen LogP contribution in [-0.4, -0.2) is 44.3 Å². The summed E-state index contributed by atoms with van der Waals surface area (Å²) in [5.74, 6) is 2.52. The molecule has 3 heteroatoms. The lowest BCUT2D eigenvalue weighted by Crippen LogP contribution is -2.42. The van der Waals surface area contributed by atoms with Gasteiger partial charge in [-0.1, -0.05) is 42.5 Å². The number of benzene rings is 1. The second kappa shape index (κ2) is 7.16. The van der Waals surface area contributed by atoms with Crippen molar-refractivity contribution in [3.63, 3.8) is 0 Å². The van der Waals surface area contributed by atoms with Crippen LogP contribution in [-0.2, 0) is 4.74 Å². The number of fused-ring (bicyclic) bond motifs is 2. The Hall–Kier alpha value is -1.16. The van der Waals surface area contributed by atoms with E-state index in [1.54, 1.807) is 0 Å². The lowest BCUT2D eigenvalue weighted by Gasteiger charge is -2.32. The van der Waals surface area contributed by atoms with Crippen molar-refractivity contribution >= 4 is 0 Å². The zero-order chi connectivity index (χ0) is 15.5. The maximum Gasteiger partial charge on any atom is 0.0594 e. The van der Waals surface area contributed by atoms with Gasteiger partial charge in [-0.25, -0.2) is 0 Å². The second-order valence-electron chi connectivity index (χ2n) is 7.32. The predicted octanol–water partition coefficient (Wildman–Crippen LogP) is 2.86. The highest BCUT2D eigenvalue weighted by Crippen LogP contribution is 2.43. The SMILES string of the molecule is C1=CC2CC1CC2CNC(CN1CCOCC1)c1ccccc1. The normalized spacial score (nSPS) is 31.6. The van der Waals surface area contributed by atoms with Crippen molar-refractivity contribution < 1.29 is 4.74 Å². The van der Waals surface area contributed by atoms with E-state index in [9.17, 15) is 0 Å². The molecule has 4 rings (SSSR count). The van der Waals surface area contributed by atoms with E-state index < -0.39 is 0 Å². The molecule has 0 radical (unpaired) electrons. The number of hydrogen-bond acceptors (Lipinski definition) is 3. The summed E-state index contributed by atoms with van der Waals surface area (Å²) in [6.07, 6.45) is 7.67. The van der Waals surface area contributed by atoms with Crippen LogP contribution in [0, 0.1) is 17.8 Å². The highest BCUT2D eigenvalue weighted by molar-refractivity contribution is 5.19. The summed E-state index contributed by atoms with van der Waals surface area (Å²) in [4.78, 5) is 2.54. The van der Waals surface area contributed by atoms with Crippen LogP contribution in [0.3, 0.4) is 0 Å². The van der Waals surface area contributed by atoms with Crippen LogP contribution in [0.5, 0.6) is 0 Å². The maximum atomic E-state index is 5.49. The van der Waals surface area contributed by atoms with E-state index in [4.69, 9.17) is 4.74 Å². The minimum atomic E-state index is 0.428. The predicted molar refractivity (Wildman–Crippen MR) is 93.3 cm³/mol. The van der Waals surface area contributed by atoms with Crippen molar-refractivity contribution in [2.24, 2.45) is 17.8 Å². The first kappa shape index (κ1) is 15.4. The van der Waals surface area contributed by atoms with Gasteiger partial charge in [0.2, 0.25) is 0 Å². The first-order valence-corrected chi connectivity index (χ1v) is 9.15. The molecule has 1 aromatic carbocycles. The summed E-state index contributed by atoms with van der Waals surface area (Å²) >= 11 is 0. The topological polar surface area (TPSA) is 24.5 Å². The molecule has 1 saturated heterocycles. The van der Waals surface area contributed by atoms with E-state index >= 15 is 0 Å². The van der Waals surface area contributed by atoms with E-state index in [-0.39, 0.29) is 0 Å². The average molecular weight is 312 g/mol. The third-order valence-corrected chi connectivity index (χ3v) is 5.79. The largest absolute Gasteiger partial charge is 0.379 e. The van der Waals surface area contributed by atoms with Gasteiger partial charge in [0, 0.05) is 25.7 Å². The molecular formula is C20H28N2O. The number of morpholine rings is 1. The van der Waals surface area contributed by atoms with Crippen LogP contribution >= 0.6 is 0 Å². The molecule has 4 atom stereocenters. The first-order valence-electron chi connectivity index (χ1n) is 9.15. The lowest BCUT2D eigenvalue weighted by molar-refractivity contribution is 0.0331. The van der Waals surface area contributed by atoms with Gasteiger partial charge in [-0.2, -0.15) is 0 Å². The molecule has 1 heterocycles. The number of nitrogens with one attached hydrogen (secondary N) is 1. The Morgan fingerprint density at radius 2 is 1.91 bits per heavy atom. The molecule has 2 aliphatic carbocycles. The molecule has 3 nitrogen and oxygen atoms in total. The summed E-state index contributed by atoms with van der Waals surface area (Å²) in [6.45, 7) is 6.10. The molecular weight excluding hydrogens is 284 g/mol. The van der Waals surface area contributed by atoms with E-state index in [0.717, 1.165) is 57.1 Å². The van der Waals surface area contributed by atoms with Crippen LogP contribution in [0.2, 0.25) is 0 Å². The standard InChI is InChI=1S/C20H28N2O/c1-2-4-17(5-3-1)20(15-22-8-10-23-11-9-22)21-14-19-13-16-6-7-18(19)12-16/h1-7,16,18-21H,8-15H2. The molecule has 1 saturated carbocycles. The average Bonchev–Trinajstić information content (AvgIpc) is 3.23. The minimum absolute atomic E-state index is 0.428. The first-order chi connectivity index (χ1) is 11.4. The molecule has 2 fully saturated rings. The van der Waals surface area contributed by atoms with Gasteiger partial charge < -0.3 is 10.1 Å². The molecule has 0 spiro atoms. The van der Waals surface area contributed by atoms with Crippen molar-refractivity contribution in [2.75, 3.05) is 39.4 Å².